The largest absolute Gasteiger partial charge is 0.373 e. The minimum Gasteiger partial charge on any atom is -0.373 e. The summed E-state index contributed by atoms with van der Waals surface area (Å²) in [6, 6.07) is 4.93. The first-order chi connectivity index (χ1) is 7.79. The van der Waals surface area contributed by atoms with Crippen molar-refractivity contribution in [3.63, 3.8) is 0 Å². The summed E-state index contributed by atoms with van der Waals surface area (Å²) in [6.45, 7) is 1.00. The molecule has 0 aliphatic carbocycles. The van der Waals surface area contributed by atoms with Crippen LogP contribution in [0.1, 0.15) is 12.0 Å². The lowest BCUT2D eigenvalue weighted by atomic mass is 10.2. The Morgan fingerprint density at radius 3 is 3.00 bits per heavy atom. The van der Waals surface area contributed by atoms with Crippen molar-refractivity contribution < 1.29 is 0 Å². The van der Waals surface area contributed by atoms with Gasteiger partial charge in [0, 0.05) is 31.6 Å². The number of thioether (sulfide) groups is 1. The van der Waals surface area contributed by atoms with Crippen LogP contribution in [0.25, 0.3) is 0 Å². The Balaban J connectivity index is 1.92. The van der Waals surface area contributed by atoms with Crippen molar-refractivity contribution in [2.45, 2.75) is 19.0 Å². The van der Waals surface area contributed by atoms with Gasteiger partial charge in [0.2, 0.25) is 0 Å². The van der Waals surface area contributed by atoms with Gasteiger partial charge in [-0.25, -0.2) is 4.98 Å². The molecule has 1 N–H and O–H groups in total. The van der Waals surface area contributed by atoms with E-state index in [1.807, 2.05) is 19.3 Å². The summed E-state index contributed by atoms with van der Waals surface area (Å²) in [6.07, 6.45) is 3.29. The van der Waals surface area contributed by atoms with Crippen LogP contribution in [0, 0.1) is 0 Å². The van der Waals surface area contributed by atoms with E-state index in [9.17, 15) is 0 Å². The van der Waals surface area contributed by atoms with E-state index in [0.717, 1.165) is 18.4 Å². The van der Waals surface area contributed by atoms with E-state index in [2.05, 4.69) is 40.1 Å². The number of aromatic nitrogens is 1. The van der Waals surface area contributed by atoms with E-state index >= 15 is 0 Å². The van der Waals surface area contributed by atoms with Crippen molar-refractivity contribution in [3.8, 4) is 0 Å². The molecule has 0 spiro atoms. The van der Waals surface area contributed by atoms with Gasteiger partial charge in [-0.3, -0.25) is 4.90 Å². The highest BCUT2D eigenvalue weighted by atomic mass is 32.2. The highest BCUT2D eigenvalue weighted by Gasteiger charge is 2.19. The number of pyridine rings is 1. The molecule has 0 aromatic carbocycles. The zero-order chi connectivity index (χ0) is 11.4. The molecule has 1 aliphatic heterocycles. The van der Waals surface area contributed by atoms with Crippen molar-refractivity contribution in [2.75, 3.05) is 30.9 Å². The fourth-order valence-corrected chi connectivity index (χ4v) is 3.25. The van der Waals surface area contributed by atoms with Gasteiger partial charge in [-0.05, 0) is 30.9 Å². The summed E-state index contributed by atoms with van der Waals surface area (Å²) in [5.41, 5.74) is 1.29. The van der Waals surface area contributed by atoms with E-state index in [-0.39, 0.29) is 0 Å². The monoisotopic (exact) mass is 237 g/mol. The van der Waals surface area contributed by atoms with Crippen LogP contribution in [0.4, 0.5) is 5.82 Å². The number of rotatable bonds is 4. The molecule has 0 amide bonds. The zero-order valence-electron chi connectivity index (χ0n) is 9.94. The van der Waals surface area contributed by atoms with Crippen LogP contribution in [0.3, 0.4) is 0 Å². The molecule has 2 heterocycles. The van der Waals surface area contributed by atoms with Gasteiger partial charge in [0.25, 0.3) is 0 Å². The molecule has 1 aromatic rings. The van der Waals surface area contributed by atoms with Crippen molar-refractivity contribution in [3.05, 3.63) is 23.9 Å². The average molecular weight is 237 g/mol. The van der Waals surface area contributed by atoms with Crippen molar-refractivity contribution >= 4 is 17.6 Å². The van der Waals surface area contributed by atoms with Gasteiger partial charge in [0.15, 0.2) is 0 Å². The molecule has 0 radical (unpaired) electrons. The molecule has 1 saturated heterocycles. The minimum atomic E-state index is 0.744. The Morgan fingerprint density at radius 1 is 1.56 bits per heavy atom. The Morgan fingerprint density at radius 2 is 2.44 bits per heavy atom. The second kappa shape index (κ2) is 5.55. The summed E-state index contributed by atoms with van der Waals surface area (Å²) < 4.78 is 0. The fourth-order valence-electron chi connectivity index (χ4n) is 1.95. The summed E-state index contributed by atoms with van der Waals surface area (Å²) >= 11 is 2.06. The normalized spacial score (nSPS) is 20.3. The second-order valence-corrected chi connectivity index (χ2v) is 5.38. The van der Waals surface area contributed by atoms with E-state index in [1.54, 1.807) is 0 Å². The van der Waals surface area contributed by atoms with E-state index < -0.39 is 0 Å². The smallest absolute Gasteiger partial charge is 0.125 e. The van der Waals surface area contributed by atoms with Gasteiger partial charge in [-0.15, -0.1) is 0 Å². The second-order valence-electron chi connectivity index (χ2n) is 4.23. The number of hydrogen-bond acceptors (Lipinski definition) is 4. The maximum Gasteiger partial charge on any atom is 0.125 e. The lowest BCUT2D eigenvalue weighted by molar-refractivity contribution is 0.254. The molecule has 1 unspecified atom stereocenters. The number of hydrogen-bond donors (Lipinski definition) is 1. The Bertz CT molecular complexity index is 320. The van der Waals surface area contributed by atoms with Crippen LogP contribution in [0.5, 0.6) is 0 Å². The van der Waals surface area contributed by atoms with E-state index in [0.29, 0.717) is 0 Å². The van der Waals surface area contributed by atoms with Gasteiger partial charge in [0.1, 0.15) is 5.82 Å². The number of nitrogens with one attached hydrogen (secondary N) is 1. The van der Waals surface area contributed by atoms with E-state index in [1.165, 1.54) is 23.5 Å². The third-order valence-electron chi connectivity index (χ3n) is 3.04. The van der Waals surface area contributed by atoms with Crippen molar-refractivity contribution in [1.29, 1.82) is 0 Å². The lowest BCUT2D eigenvalue weighted by Gasteiger charge is -2.23. The number of anilines is 1. The molecule has 2 rings (SSSR count). The predicted octanol–water partition coefficient (Wildman–Crippen LogP) is 2.06. The molecular formula is C12H19N3S. The molecule has 0 bridgehead atoms. The van der Waals surface area contributed by atoms with Crippen LogP contribution in [-0.4, -0.2) is 41.5 Å². The molecule has 0 saturated carbocycles. The first kappa shape index (κ1) is 11.7. The first-order valence-electron chi connectivity index (χ1n) is 5.70. The van der Waals surface area contributed by atoms with Crippen LogP contribution in [0.2, 0.25) is 0 Å². The Hall–Kier alpha value is -0.740. The molecule has 1 fully saturated rings. The molecule has 3 nitrogen and oxygen atoms in total. The summed E-state index contributed by atoms with van der Waals surface area (Å²) in [5, 5.41) is 3.03. The van der Waals surface area contributed by atoms with Gasteiger partial charge in [-0.1, -0.05) is 6.07 Å². The highest BCUT2D eigenvalue weighted by Crippen LogP contribution is 2.22. The topological polar surface area (TPSA) is 28.2 Å². The highest BCUT2D eigenvalue weighted by molar-refractivity contribution is 7.99. The maximum atomic E-state index is 4.33. The fraction of sp³-hybridized carbons (Fsp3) is 0.583. The summed E-state index contributed by atoms with van der Waals surface area (Å²) in [5.74, 6) is 3.52. The quantitative estimate of drug-likeness (QED) is 0.867. The summed E-state index contributed by atoms with van der Waals surface area (Å²) in [7, 11) is 4.10. The molecular weight excluding hydrogens is 218 g/mol. The molecule has 1 aromatic heterocycles. The van der Waals surface area contributed by atoms with Gasteiger partial charge in [0.05, 0.1) is 0 Å². The molecule has 1 atom stereocenters. The third-order valence-corrected chi connectivity index (χ3v) is 4.19. The lowest BCUT2D eigenvalue weighted by Crippen LogP contribution is -2.30. The minimum absolute atomic E-state index is 0.744. The third kappa shape index (κ3) is 2.89. The number of nitrogens with zero attached hydrogens (tertiary/aromatic N) is 2. The molecule has 16 heavy (non-hydrogen) atoms. The molecule has 88 valence electrons. The van der Waals surface area contributed by atoms with Crippen LogP contribution >= 0.6 is 11.8 Å². The Labute approximate surface area is 102 Å². The van der Waals surface area contributed by atoms with Gasteiger partial charge in [-0.2, -0.15) is 11.8 Å². The predicted molar refractivity (Wildman–Crippen MR) is 71.0 cm³/mol. The van der Waals surface area contributed by atoms with Crippen molar-refractivity contribution in [1.82, 2.24) is 9.88 Å². The van der Waals surface area contributed by atoms with Crippen LogP contribution in [0.15, 0.2) is 18.3 Å². The average Bonchev–Trinajstić information content (AvgIpc) is 2.83. The maximum absolute atomic E-state index is 4.33. The van der Waals surface area contributed by atoms with Gasteiger partial charge < -0.3 is 5.32 Å². The van der Waals surface area contributed by atoms with Crippen molar-refractivity contribution in [2.24, 2.45) is 0 Å². The Kier molecular flexibility index (Phi) is 4.07. The van der Waals surface area contributed by atoms with Crippen LogP contribution < -0.4 is 5.32 Å². The standard InChI is InChI=1S/C12H19N3S/c1-13-12-4-3-10(7-14-12)8-15(2)11-5-6-16-9-11/h3-4,7,11H,5-6,8-9H2,1-2H3,(H,13,14). The molecule has 4 heteroatoms. The van der Waals surface area contributed by atoms with Crippen LogP contribution in [-0.2, 0) is 6.54 Å². The summed E-state index contributed by atoms with van der Waals surface area (Å²) in [4.78, 5) is 6.77. The first-order valence-corrected chi connectivity index (χ1v) is 6.85. The van der Waals surface area contributed by atoms with Gasteiger partial charge >= 0.3 is 0 Å². The molecule has 1 aliphatic rings. The van der Waals surface area contributed by atoms with E-state index in [4.69, 9.17) is 0 Å². The zero-order valence-corrected chi connectivity index (χ0v) is 10.8. The SMILES string of the molecule is CNc1ccc(CN(C)C2CCSC2)cn1.